The van der Waals surface area contributed by atoms with Gasteiger partial charge >= 0.3 is 5.97 Å². The molecule has 0 saturated carbocycles. The highest BCUT2D eigenvalue weighted by molar-refractivity contribution is 6.20. The van der Waals surface area contributed by atoms with Crippen molar-refractivity contribution in [3.8, 4) is 0 Å². The molecule has 0 radical (unpaired) electrons. The first-order valence-electron chi connectivity index (χ1n) is 6.61. The van der Waals surface area contributed by atoms with Gasteiger partial charge in [0.05, 0.1) is 24.5 Å². The van der Waals surface area contributed by atoms with Crippen LogP contribution >= 0.6 is 0 Å². The fourth-order valence-corrected chi connectivity index (χ4v) is 1.42. The zero-order valence-electron chi connectivity index (χ0n) is 12.4. The molecule has 102 valence electrons. The summed E-state index contributed by atoms with van der Waals surface area (Å²) >= 11 is 0. The van der Waals surface area contributed by atoms with Crippen LogP contribution in [-0.2, 0) is 19.1 Å². The van der Waals surface area contributed by atoms with E-state index < -0.39 is 0 Å². The molecule has 0 aromatic heterocycles. The lowest BCUT2D eigenvalue weighted by Crippen LogP contribution is -2.36. The number of Topliss-reactive ketones (excluding diaryl/α,β-unsaturated/α-hetero) is 1. The van der Waals surface area contributed by atoms with Crippen LogP contribution in [0.25, 0.3) is 0 Å². The lowest BCUT2D eigenvalue weighted by Gasteiger charge is -2.23. The second-order valence-electron chi connectivity index (χ2n) is 5.21. The molecule has 18 heavy (non-hydrogen) atoms. The molecule has 0 heterocycles. The number of ether oxygens (including phenoxy) is 2. The van der Waals surface area contributed by atoms with Gasteiger partial charge in [-0.15, -0.1) is 0 Å². The Morgan fingerprint density at radius 1 is 1.00 bits per heavy atom. The predicted octanol–water partition coefficient (Wildman–Crippen LogP) is -0.122. The molecule has 2 atom stereocenters. The molecule has 0 amide bonds. The minimum atomic E-state index is -0.337. The van der Waals surface area contributed by atoms with Crippen LogP contribution < -0.4 is 0 Å². The van der Waals surface area contributed by atoms with Crippen LogP contribution in [0.15, 0.2) is 0 Å². The zero-order valence-corrected chi connectivity index (χ0v) is 12.4. The summed E-state index contributed by atoms with van der Waals surface area (Å²) in [6.45, 7) is 7.53. The third-order valence-corrected chi connectivity index (χ3v) is 2.68. The van der Waals surface area contributed by atoms with Crippen LogP contribution in [0, 0.1) is 5.92 Å². The summed E-state index contributed by atoms with van der Waals surface area (Å²) in [7, 11) is 3.67. The number of rotatable bonds is 8. The summed E-state index contributed by atoms with van der Waals surface area (Å²) in [6, 6.07) is -0.441. The number of hydrogen-bond donors (Lipinski definition) is 0. The van der Waals surface area contributed by atoms with Gasteiger partial charge in [0, 0.05) is 12.3 Å². The third-order valence-electron chi connectivity index (χ3n) is 2.68. The molecule has 0 aliphatic carbocycles. The summed E-state index contributed by atoms with van der Waals surface area (Å²) in [5.74, 6) is -0.278. The molecule has 4 nitrogen and oxygen atoms in total. The van der Waals surface area contributed by atoms with Gasteiger partial charge in [-0.2, -0.15) is 0 Å². The van der Waals surface area contributed by atoms with Crippen molar-refractivity contribution in [3.63, 3.8) is 0 Å². The van der Waals surface area contributed by atoms with E-state index in [9.17, 15) is 9.59 Å². The molecule has 0 aliphatic heterocycles. The topological polar surface area (TPSA) is 52.6 Å². The van der Waals surface area contributed by atoms with Gasteiger partial charge < -0.3 is 9.47 Å². The van der Waals surface area contributed by atoms with E-state index in [2.05, 4.69) is 0 Å². The second-order valence-corrected chi connectivity index (χ2v) is 5.21. The minimum Gasteiger partial charge on any atom is -0.470 e. The first kappa shape index (κ1) is 17.2. The quantitative estimate of drug-likeness (QED) is 0.447. The standard InChI is InChI=1S/C12H24B2O4/c1-7(2)9(15)5-6-10(16)18-12(14)11(13)17-8(3)4/h7-8,11-12H,5-6,13-14H2,1-4H3. The summed E-state index contributed by atoms with van der Waals surface area (Å²) in [6.07, 6.45) is 0.502. The van der Waals surface area contributed by atoms with E-state index in [-0.39, 0.29) is 48.6 Å². The molecule has 0 aromatic carbocycles. The summed E-state index contributed by atoms with van der Waals surface area (Å²) < 4.78 is 10.8. The maximum atomic E-state index is 11.5. The van der Waals surface area contributed by atoms with Crippen molar-refractivity contribution in [2.45, 2.75) is 58.6 Å². The monoisotopic (exact) mass is 254 g/mol. The molecule has 0 aliphatic rings. The molecule has 0 aromatic rings. The molecular formula is C12H24B2O4. The Morgan fingerprint density at radius 2 is 1.56 bits per heavy atom. The average Bonchev–Trinajstić information content (AvgIpc) is 2.24. The Labute approximate surface area is 112 Å². The van der Waals surface area contributed by atoms with Crippen LogP contribution in [0.2, 0.25) is 0 Å². The van der Waals surface area contributed by atoms with Gasteiger partial charge in [-0.05, 0) is 13.8 Å². The maximum absolute atomic E-state index is 11.5. The SMILES string of the molecule is BC(OC(=O)CCC(=O)C(C)C)C(B)OC(C)C. The number of hydrogen-bond acceptors (Lipinski definition) is 4. The molecule has 0 N–H and O–H groups in total. The normalized spacial score (nSPS) is 14.6. The summed E-state index contributed by atoms with van der Waals surface area (Å²) in [5, 5.41) is 0. The summed E-state index contributed by atoms with van der Waals surface area (Å²) in [4.78, 5) is 22.9. The Bertz CT molecular complexity index is 279. The van der Waals surface area contributed by atoms with Gasteiger partial charge in [0.15, 0.2) is 7.85 Å². The van der Waals surface area contributed by atoms with Crippen molar-refractivity contribution in [1.29, 1.82) is 0 Å². The smallest absolute Gasteiger partial charge is 0.305 e. The molecular weight excluding hydrogens is 230 g/mol. The van der Waals surface area contributed by atoms with Gasteiger partial charge in [-0.25, -0.2) is 0 Å². The van der Waals surface area contributed by atoms with E-state index in [0.717, 1.165) is 0 Å². The van der Waals surface area contributed by atoms with Crippen LogP contribution in [-0.4, -0.2) is 45.6 Å². The lowest BCUT2D eigenvalue weighted by molar-refractivity contribution is -0.150. The molecule has 0 rings (SSSR count). The molecule has 0 spiro atoms. The molecule has 0 fully saturated rings. The number of carbonyl (C=O) groups is 2. The fourth-order valence-electron chi connectivity index (χ4n) is 1.42. The zero-order chi connectivity index (χ0) is 14.3. The van der Waals surface area contributed by atoms with E-state index in [0.29, 0.717) is 0 Å². The molecule has 2 unspecified atom stereocenters. The van der Waals surface area contributed by atoms with E-state index in [1.165, 1.54) is 0 Å². The molecule has 0 saturated heterocycles. The van der Waals surface area contributed by atoms with E-state index in [1.807, 2.05) is 35.5 Å². The highest BCUT2D eigenvalue weighted by atomic mass is 16.6. The van der Waals surface area contributed by atoms with Crippen LogP contribution in [0.5, 0.6) is 0 Å². The van der Waals surface area contributed by atoms with Crippen molar-refractivity contribution >= 4 is 27.4 Å². The lowest BCUT2D eigenvalue weighted by atomic mass is 9.82. The summed E-state index contributed by atoms with van der Waals surface area (Å²) in [5.41, 5.74) is 0. The Kier molecular flexibility index (Phi) is 8.00. The van der Waals surface area contributed by atoms with Crippen molar-refractivity contribution < 1.29 is 19.1 Å². The highest BCUT2D eigenvalue weighted by Crippen LogP contribution is 2.06. The van der Waals surface area contributed by atoms with Crippen molar-refractivity contribution in [1.82, 2.24) is 0 Å². The highest BCUT2D eigenvalue weighted by Gasteiger charge is 2.19. The van der Waals surface area contributed by atoms with Crippen molar-refractivity contribution in [3.05, 3.63) is 0 Å². The van der Waals surface area contributed by atoms with Gasteiger partial charge in [0.25, 0.3) is 0 Å². The van der Waals surface area contributed by atoms with Crippen molar-refractivity contribution in [2.24, 2.45) is 5.92 Å². The Hall–Kier alpha value is -0.770. The molecule has 6 heteroatoms. The second kappa shape index (κ2) is 8.35. The van der Waals surface area contributed by atoms with Crippen LogP contribution in [0.3, 0.4) is 0 Å². The van der Waals surface area contributed by atoms with Gasteiger partial charge in [-0.3, -0.25) is 9.59 Å². The number of ketones is 1. The Balaban J connectivity index is 3.97. The number of carbonyl (C=O) groups excluding carboxylic acids is 2. The van der Waals surface area contributed by atoms with Gasteiger partial charge in [0.1, 0.15) is 13.6 Å². The predicted molar refractivity (Wildman–Crippen MR) is 76.1 cm³/mol. The van der Waals surface area contributed by atoms with E-state index in [4.69, 9.17) is 9.47 Å². The van der Waals surface area contributed by atoms with Gasteiger partial charge in [-0.1, -0.05) is 13.8 Å². The average molecular weight is 254 g/mol. The fraction of sp³-hybridized carbons (Fsp3) is 0.833. The van der Waals surface area contributed by atoms with E-state index >= 15 is 0 Å². The Morgan fingerprint density at radius 3 is 2.00 bits per heavy atom. The number of esters is 1. The van der Waals surface area contributed by atoms with E-state index in [1.54, 1.807) is 7.85 Å². The minimum absolute atomic E-state index is 0.0292. The first-order valence-corrected chi connectivity index (χ1v) is 6.61. The first-order chi connectivity index (χ1) is 8.23. The largest absolute Gasteiger partial charge is 0.470 e. The van der Waals surface area contributed by atoms with Crippen molar-refractivity contribution in [2.75, 3.05) is 0 Å². The third kappa shape index (κ3) is 7.54. The maximum Gasteiger partial charge on any atom is 0.305 e. The van der Waals surface area contributed by atoms with Crippen LogP contribution in [0.4, 0.5) is 0 Å². The molecule has 0 bridgehead atoms. The van der Waals surface area contributed by atoms with Crippen LogP contribution in [0.1, 0.15) is 40.5 Å². The van der Waals surface area contributed by atoms with Gasteiger partial charge in [0.2, 0.25) is 0 Å².